The van der Waals surface area contributed by atoms with Crippen LogP contribution in [0, 0.1) is 5.41 Å². The molecular formula is C9H14F3NO3S. The van der Waals surface area contributed by atoms with Crippen molar-refractivity contribution in [2.45, 2.75) is 25.8 Å². The Bertz CT molecular complexity index is 292. The number of amides is 1. The lowest BCUT2D eigenvalue weighted by Crippen LogP contribution is -2.33. The predicted octanol–water partition coefficient (Wildman–Crippen LogP) is 1.86. The molecule has 0 aromatic heterocycles. The summed E-state index contributed by atoms with van der Waals surface area (Å²) in [4.78, 5) is 21.7. The topological polar surface area (TPSA) is 66.4 Å². The number of thioether (sulfide) groups is 1. The molecule has 0 atom stereocenters. The summed E-state index contributed by atoms with van der Waals surface area (Å²) in [6, 6.07) is 0. The lowest BCUT2D eigenvalue weighted by Gasteiger charge is -2.18. The number of aliphatic carboxylic acids is 1. The lowest BCUT2D eigenvalue weighted by molar-refractivity contribution is -0.147. The van der Waals surface area contributed by atoms with E-state index >= 15 is 0 Å². The van der Waals surface area contributed by atoms with E-state index in [-0.39, 0.29) is 13.0 Å². The molecule has 2 N–H and O–H groups in total. The van der Waals surface area contributed by atoms with E-state index in [1.807, 2.05) is 0 Å². The molecule has 0 rings (SSSR count). The zero-order chi connectivity index (χ0) is 13.7. The zero-order valence-electron chi connectivity index (χ0n) is 9.43. The van der Waals surface area contributed by atoms with Crippen LogP contribution in [0.15, 0.2) is 0 Å². The van der Waals surface area contributed by atoms with Gasteiger partial charge in [-0.2, -0.15) is 13.2 Å². The molecule has 0 spiro atoms. The minimum absolute atomic E-state index is 0.0382. The van der Waals surface area contributed by atoms with Crippen molar-refractivity contribution in [2.24, 2.45) is 5.41 Å². The zero-order valence-corrected chi connectivity index (χ0v) is 10.2. The monoisotopic (exact) mass is 273 g/mol. The fourth-order valence-electron chi connectivity index (χ4n) is 0.820. The van der Waals surface area contributed by atoms with Crippen LogP contribution >= 0.6 is 11.8 Å². The first kappa shape index (κ1) is 16.1. The average molecular weight is 273 g/mol. The predicted molar refractivity (Wildman–Crippen MR) is 57.6 cm³/mol. The second kappa shape index (κ2) is 6.13. The first-order valence-corrected chi connectivity index (χ1v) is 5.74. The van der Waals surface area contributed by atoms with E-state index in [2.05, 4.69) is 5.32 Å². The molecular weight excluding hydrogens is 259 g/mol. The maximum absolute atomic E-state index is 11.7. The van der Waals surface area contributed by atoms with Gasteiger partial charge in [0.15, 0.2) is 0 Å². The normalized spacial score (nSPS) is 12.3. The number of carbonyl (C=O) groups excluding carboxylic acids is 1. The first-order chi connectivity index (χ1) is 7.54. The Balaban J connectivity index is 3.83. The van der Waals surface area contributed by atoms with Gasteiger partial charge in [-0.3, -0.25) is 9.59 Å². The summed E-state index contributed by atoms with van der Waals surface area (Å²) in [6.07, 6.45) is 0.157. The number of carbonyl (C=O) groups is 2. The number of hydrogen-bond donors (Lipinski definition) is 2. The van der Waals surface area contributed by atoms with Gasteiger partial charge in [0.2, 0.25) is 5.91 Å². The third-order valence-electron chi connectivity index (χ3n) is 2.02. The maximum Gasteiger partial charge on any atom is 0.442 e. The van der Waals surface area contributed by atoms with Gasteiger partial charge in [-0.25, -0.2) is 0 Å². The van der Waals surface area contributed by atoms with Crippen molar-refractivity contribution in [3.8, 4) is 0 Å². The number of carboxylic acids is 1. The van der Waals surface area contributed by atoms with Crippen LogP contribution in [0.25, 0.3) is 0 Å². The minimum Gasteiger partial charge on any atom is -0.481 e. The second-order valence-electron chi connectivity index (χ2n) is 4.02. The van der Waals surface area contributed by atoms with Crippen molar-refractivity contribution in [2.75, 3.05) is 12.3 Å². The van der Waals surface area contributed by atoms with Gasteiger partial charge in [-0.15, -0.1) is 0 Å². The molecule has 0 radical (unpaired) electrons. The summed E-state index contributed by atoms with van der Waals surface area (Å²) in [7, 11) is 0. The van der Waals surface area contributed by atoms with E-state index in [4.69, 9.17) is 5.11 Å². The van der Waals surface area contributed by atoms with Gasteiger partial charge < -0.3 is 10.4 Å². The highest BCUT2D eigenvalue weighted by Crippen LogP contribution is 2.29. The van der Waals surface area contributed by atoms with Gasteiger partial charge >= 0.3 is 11.5 Å². The highest BCUT2D eigenvalue weighted by atomic mass is 32.2. The molecule has 0 aliphatic heterocycles. The third-order valence-corrected chi connectivity index (χ3v) is 2.75. The summed E-state index contributed by atoms with van der Waals surface area (Å²) in [5.41, 5.74) is -5.44. The van der Waals surface area contributed by atoms with E-state index in [0.717, 1.165) is 0 Å². The van der Waals surface area contributed by atoms with Gasteiger partial charge in [0.05, 0.1) is 11.2 Å². The molecule has 0 aromatic rings. The number of carboxylic acid groups (broad SMARTS) is 1. The van der Waals surface area contributed by atoms with Crippen molar-refractivity contribution in [1.29, 1.82) is 0 Å². The van der Waals surface area contributed by atoms with E-state index in [1.54, 1.807) is 0 Å². The fraction of sp³-hybridized carbons (Fsp3) is 0.778. The average Bonchev–Trinajstić information content (AvgIpc) is 2.13. The van der Waals surface area contributed by atoms with Crippen LogP contribution in [0.5, 0.6) is 0 Å². The van der Waals surface area contributed by atoms with Crippen LogP contribution in [-0.2, 0) is 9.59 Å². The van der Waals surface area contributed by atoms with E-state index in [1.165, 1.54) is 13.8 Å². The van der Waals surface area contributed by atoms with Crippen molar-refractivity contribution in [3.05, 3.63) is 0 Å². The minimum atomic E-state index is -4.43. The summed E-state index contributed by atoms with van der Waals surface area (Å²) in [6.45, 7) is 2.99. The number of alkyl halides is 3. The van der Waals surface area contributed by atoms with Gasteiger partial charge in [-0.1, -0.05) is 0 Å². The van der Waals surface area contributed by atoms with Gasteiger partial charge in [0, 0.05) is 6.54 Å². The van der Waals surface area contributed by atoms with Crippen molar-refractivity contribution < 1.29 is 27.9 Å². The molecule has 0 fully saturated rings. The van der Waals surface area contributed by atoms with E-state index in [9.17, 15) is 22.8 Å². The van der Waals surface area contributed by atoms with E-state index < -0.39 is 40.3 Å². The molecule has 0 aliphatic carbocycles. The van der Waals surface area contributed by atoms with Crippen molar-refractivity contribution >= 4 is 23.6 Å². The van der Waals surface area contributed by atoms with E-state index in [0.29, 0.717) is 0 Å². The lowest BCUT2D eigenvalue weighted by atomic mass is 9.90. The van der Waals surface area contributed by atoms with Crippen LogP contribution in [0.1, 0.15) is 20.3 Å². The molecule has 0 aliphatic rings. The number of halogens is 3. The summed E-state index contributed by atoms with van der Waals surface area (Å²) < 4.78 is 35.2. The Kier molecular flexibility index (Phi) is 5.80. The second-order valence-corrected chi connectivity index (χ2v) is 5.06. The third kappa shape index (κ3) is 7.89. The highest BCUT2D eigenvalue weighted by Gasteiger charge is 2.30. The number of hydrogen-bond acceptors (Lipinski definition) is 3. The molecule has 0 unspecified atom stereocenters. The number of rotatable bonds is 6. The molecule has 0 bridgehead atoms. The molecule has 8 heteroatoms. The summed E-state index contributed by atoms with van der Waals surface area (Å²) >= 11 is -0.422. The Labute approximate surface area is 101 Å². The van der Waals surface area contributed by atoms with Gasteiger partial charge in [-0.05, 0) is 32.0 Å². The van der Waals surface area contributed by atoms with Gasteiger partial charge in [0.1, 0.15) is 0 Å². The molecule has 0 aromatic carbocycles. The first-order valence-electron chi connectivity index (χ1n) is 4.75. The van der Waals surface area contributed by atoms with Crippen LogP contribution in [-0.4, -0.2) is 34.8 Å². The smallest absolute Gasteiger partial charge is 0.442 e. The molecule has 0 saturated carbocycles. The number of nitrogens with one attached hydrogen (secondary N) is 1. The quantitative estimate of drug-likeness (QED) is 0.775. The van der Waals surface area contributed by atoms with Crippen LogP contribution < -0.4 is 5.32 Å². The van der Waals surface area contributed by atoms with Crippen LogP contribution in [0.4, 0.5) is 13.2 Å². The maximum atomic E-state index is 11.7. The Morgan fingerprint density at radius 1 is 1.29 bits per heavy atom. The molecule has 0 heterocycles. The molecule has 1 amide bonds. The summed E-state index contributed by atoms with van der Waals surface area (Å²) in [5.74, 6) is -2.48. The standard InChI is InChI=1S/C9H14F3NO3S/c1-8(2,7(15)16)3-4-13-6(14)5-17-9(10,11)12/h3-5H2,1-2H3,(H,13,14)(H,15,16). The SMILES string of the molecule is CC(C)(CCNC(=O)CSC(F)(F)F)C(=O)O. The van der Waals surface area contributed by atoms with Crippen molar-refractivity contribution in [1.82, 2.24) is 5.32 Å². The molecule has 4 nitrogen and oxygen atoms in total. The largest absolute Gasteiger partial charge is 0.481 e. The Morgan fingerprint density at radius 2 is 1.82 bits per heavy atom. The Morgan fingerprint density at radius 3 is 2.24 bits per heavy atom. The van der Waals surface area contributed by atoms with Gasteiger partial charge in [0.25, 0.3) is 0 Å². The Hall–Kier alpha value is -0.920. The fourth-order valence-corrected chi connectivity index (χ4v) is 1.22. The summed E-state index contributed by atoms with van der Waals surface area (Å²) in [5, 5.41) is 11.0. The van der Waals surface area contributed by atoms with Crippen molar-refractivity contribution in [3.63, 3.8) is 0 Å². The molecule has 0 saturated heterocycles. The molecule has 100 valence electrons. The molecule has 17 heavy (non-hydrogen) atoms. The van der Waals surface area contributed by atoms with Crippen LogP contribution in [0.3, 0.4) is 0 Å². The van der Waals surface area contributed by atoms with Crippen LogP contribution in [0.2, 0.25) is 0 Å². The highest BCUT2D eigenvalue weighted by molar-refractivity contribution is 8.00.